The highest BCUT2D eigenvalue weighted by Gasteiger charge is 2.31. The maximum atomic E-state index is 12.1. The van der Waals surface area contributed by atoms with Crippen molar-refractivity contribution in [3.8, 4) is 0 Å². The molecule has 128 valence electrons. The van der Waals surface area contributed by atoms with Crippen molar-refractivity contribution in [3.63, 3.8) is 0 Å². The molecule has 0 spiro atoms. The normalized spacial score (nSPS) is 15.2. The van der Waals surface area contributed by atoms with Gasteiger partial charge in [-0.15, -0.1) is 0 Å². The highest BCUT2D eigenvalue weighted by Crippen LogP contribution is 2.07. The molecule has 0 fully saturated rings. The number of aliphatic hydroxyl groups excluding tert-OH is 1. The average molecular weight is 336 g/mol. The third-order valence-corrected chi connectivity index (χ3v) is 2.79. The Kier molecular flexibility index (Phi) is 8.25. The molecule has 0 aliphatic heterocycles. The van der Waals surface area contributed by atoms with Crippen LogP contribution in [0.15, 0.2) is 0 Å². The quantitative estimate of drug-likeness (QED) is 0.396. The Labute approximate surface area is 135 Å². The molecule has 3 atom stereocenters. The molecule has 0 aromatic carbocycles. The van der Waals surface area contributed by atoms with E-state index in [9.17, 15) is 19.5 Å². The minimum atomic E-state index is -1.28. The van der Waals surface area contributed by atoms with Gasteiger partial charge >= 0.3 is 12.1 Å². The van der Waals surface area contributed by atoms with Crippen LogP contribution in [-0.4, -0.2) is 59.7 Å². The van der Waals surface area contributed by atoms with Gasteiger partial charge in [0.05, 0.1) is 13.2 Å². The van der Waals surface area contributed by atoms with Gasteiger partial charge in [-0.2, -0.15) is 12.6 Å². The smallest absolute Gasteiger partial charge is 0.408 e. The van der Waals surface area contributed by atoms with E-state index in [0.717, 1.165) is 0 Å². The first-order valence-electron chi connectivity index (χ1n) is 6.68. The fourth-order valence-electron chi connectivity index (χ4n) is 1.42. The number of amides is 2. The van der Waals surface area contributed by atoms with E-state index in [2.05, 4.69) is 28.0 Å². The number of aliphatic hydroxyl groups is 1. The Hall–Kier alpha value is -1.48. The molecule has 0 aromatic rings. The van der Waals surface area contributed by atoms with Gasteiger partial charge in [-0.05, 0) is 27.7 Å². The van der Waals surface area contributed by atoms with Crippen LogP contribution in [-0.2, 0) is 19.1 Å². The van der Waals surface area contributed by atoms with Gasteiger partial charge in [0.25, 0.3) is 0 Å². The van der Waals surface area contributed by atoms with Crippen LogP contribution in [0.5, 0.6) is 0 Å². The Morgan fingerprint density at radius 3 is 2.14 bits per heavy atom. The number of rotatable bonds is 6. The first-order valence-corrected chi connectivity index (χ1v) is 7.31. The van der Waals surface area contributed by atoms with Crippen LogP contribution in [0.3, 0.4) is 0 Å². The molecule has 0 aromatic heterocycles. The molecule has 0 saturated heterocycles. The first-order chi connectivity index (χ1) is 10.0. The second kappa shape index (κ2) is 8.84. The van der Waals surface area contributed by atoms with Crippen LogP contribution in [0, 0.1) is 0 Å². The summed E-state index contributed by atoms with van der Waals surface area (Å²) in [5.41, 5.74) is -0.747. The van der Waals surface area contributed by atoms with E-state index in [-0.39, 0.29) is 5.75 Å². The van der Waals surface area contributed by atoms with Gasteiger partial charge in [-0.3, -0.25) is 4.79 Å². The Morgan fingerprint density at radius 1 is 1.23 bits per heavy atom. The van der Waals surface area contributed by atoms with Gasteiger partial charge in [0.2, 0.25) is 5.91 Å². The van der Waals surface area contributed by atoms with Crippen LogP contribution >= 0.6 is 12.6 Å². The lowest BCUT2D eigenvalue weighted by Crippen LogP contribution is -2.56. The molecule has 3 N–H and O–H groups in total. The van der Waals surface area contributed by atoms with Gasteiger partial charge in [0.1, 0.15) is 17.7 Å². The molecule has 1 unspecified atom stereocenters. The molecule has 0 saturated carbocycles. The van der Waals surface area contributed by atoms with E-state index >= 15 is 0 Å². The van der Waals surface area contributed by atoms with Crippen LogP contribution < -0.4 is 10.6 Å². The average Bonchev–Trinajstić information content (AvgIpc) is 2.38. The number of hydrogen-bond acceptors (Lipinski definition) is 7. The Bertz CT molecular complexity index is 408. The monoisotopic (exact) mass is 336 g/mol. The first kappa shape index (κ1) is 20.5. The lowest BCUT2D eigenvalue weighted by Gasteiger charge is -2.25. The van der Waals surface area contributed by atoms with Crippen molar-refractivity contribution in [3.05, 3.63) is 0 Å². The van der Waals surface area contributed by atoms with E-state index in [4.69, 9.17) is 4.74 Å². The molecule has 0 aliphatic carbocycles. The minimum absolute atomic E-state index is 0.0113. The number of methoxy groups -OCH3 is 1. The summed E-state index contributed by atoms with van der Waals surface area (Å²) in [5, 5.41) is 14.3. The summed E-state index contributed by atoms with van der Waals surface area (Å²) in [6.07, 6.45) is -2.04. The summed E-state index contributed by atoms with van der Waals surface area (Å²) in [4.78, 5) is 35.2. The second-order valence-electron chi connectivity index (χ2n) is 5.63. The van der Waals surface area contributed by atoms with E-state index < -0.39 is 41.8 Å². The maximum Gasteiger partial charge on any atom is 0.408 e. The van der Waals surface area contributed by atoms with Crippen LogP contribution in [0.25, 0.3) is 0 Å². The summed E-state index contributed by atoms with van der Waals surface area (Å²) in [6, 6.07) is -2.26. The summed E-state index contributed by atoms with van der Waals surface area (Å²) >= 11 is 3.94. The highest BCUT2D eigenvalue weighted by molar-refractivity contribution is 7.80. The van der Waals surface area contributed by atoms with Crippen molar-refractivity contribution in [1.82, 2.24) is 10.6 Å². The van der Waals surface area contributed by atoms with Crippen molar-refractivity contribution in [2.24, 2.45) is 0 Å². The molecule has 0 bridgehead atoms. The fraction of sp³-hybridized carbons (Fsp3) is 0.769. The van der Waals surface area contributed by atoms with Crippen LogP contribution in [0.2, 0.25) is 0 Å². The number of carbonyl (C=O) groups excluding carboxylic acids is 3. The standard InChI is InChI=1S/C13H24N2O6S/c1-7(16)9(15-12(19)21-13(2,3)4)10(17)14-8(6-22)11(18)20-5/h7-9,16,22H,6H2,1-5H3,(H,14,17)(H,15,19)/t7?,8-,9-/m0/s1. The van der Waals surface area contributed by atoms with Gasteiger partial charge in [0, 0.05) is 5.75 Å². The Morgan fingerprint density at radius 2 is 1.77 bits per heavy atom. The van der Waals surface area contributed by atoms with Crippen LogP contribution in [0.4, 0.5) is 4.79 Å². The van der Waals surface area contributed by atoms with Gasteiger partial charge in [-0.25, -0.2) is 9.59 Å². The van der Waals surface area contributed by atoms with Crippen molar-refractivity contribution in [2.45, 2.75) is 51.5 Å². The molecular weight excluding hydrogens is 312 g/mol. The number of esters is 1. The molecule has 9 heteroatoms. The number of alkyl carbamates (subject to hydrolysis) is 1. The largest absolute Gasteiger partial charge is 0.467 e. The summed E-state index contributed by atoms with van der Waals surface area (Å²) in [7, 11) is 1.18. The fourth-order valence-corrected chi connectivity index (χ4v) is 1.66. The van der Waals surface area contributed by atoms with E-state index in [1.165, 1.54) is 14.0 Å². The molecule has 22 heavy (non-hydrogen) atoms. The summed E-state index contributed by atoms with van der Waals surface area (Å²) in [6.45, 7) is 6.32. The van der Waals surface area contributed by atoms with Gasteiger partial charge < -0.3 is 25.2 Å². The van der Waals surface area contributed by atoms with Crippen LogP contribution in [0.1, 0.15) is 27.7 Å². The molecule has 0 rings (SSSR count). The maximum absolute atomic E-state index is 12.1. The summed E-state index contributed by atoms with van der Waals surface area (Å²) < 4.78 is 9.53. The zero-order valence-corrected chi connectivity index (χ0v) is 14.3. The highest BCUT2D eigenvalue weighted by atomic mass is 32.1. The molecular formula is C13H24N2O6S. The predicted molar refractivity (Wildman–Crippen MR) is 82.6 cm³/mol. The van der Waals surface area contributed by atoms with Crippen molar-refractivity contribution < 1.29 is 29.0 Å². The number of ether oxygens (including phenoxy) is 2. The molecule has 2 amide bonds. The Balaban J connectivity index is 4.84. The van der Waals surface area contributed by atoms with E-state index in [0.29, 0.717) is 0 Å². The molecule has 0 heterocycles. The topological polar surface area (TPSA) is 114 Å². The van der Waals surface area contributed by atoms with E-state index in [1.807, 2.05) is 0 Å². The number of carbonyl (C=O) groups is 3. The van der Waals surface area contributed by atoms with Gasteiger partial charge in [0.15, 0.2) is 0 Å². The summed E-state index contributed by atoms with van der Waals surface area (Å²) in [5.74, 6) is -1.41. The number of nitrogens with one attached hydrogen (secondary N) is 2. The lowest BCUT2D eigenvalue weighted by atomic mass is 10.1. The molecule has 8 nitrogen and oxygen atoms in total. The predicted octanol–water partition coefficient (Wildman–Crippen LogP) is -0.152. The SMILES string of the molecule is COC(=O)[C@H](CS)NC(=O)[C@@H](NC(=O)OC(C)(C)C)C(C)O. The van der Waals surface area contributed by atoms with Crippen molar-refractivity contribution in [2.75, 3.05) is 12.9 Å². The zero-order chi connectivity index (χ0) is 17.5. The van der Waals surface area contributed by atoms with Crippen molar-refractivity contribution >= 4 is 30.6 Å². The number of hydrogen-bond donors (Lipinski definition) is 4. The zero-order valence-electron chi connectivity index (χ0n) is 13.4. The third-order valence-electron chi connectivity index (χ3n) is 2.42. The minimum Gasteiger partial charge on any atom is -0.467 e. The lowest BCUT2D eigenvalue weighted by molar-refractivity contribution is -0.144. The third kappa shape index (κ3) is 7.51. The van der Waals surface area contributed by atoms with Crippen molar-refractivity contribution in [1.29, 1.82) is 0 Å². The number of thiol groups is 1. The van der Waals surface area contributed by atoms with Gasteiger partial charge in [-0.1, -0.05) is 0 Å². The molecule has 0 aliphatic rings. The molecule has 0 radical (unpaired) electrons. The second-order valence-corrected chi connectivity index (χ2v) is 6.00. The van der Waals surface area contributed by atoms with E-state index in [1.54, 1.807) is 20.8 Å².